The van der Waals surface area contributed by atoms with Crippen LogP contribution in [0.15, 0.2) is 41.3 Å². The maximum atomic E-state index is 13.4. The molecule has 0 aliphatic carbocycles. The summed E-state index contributed by atoms with van der Waals surface area (Å²) >= 11 is 0. The van der Waals surface area contributed by atoms with Crippen LogP contribution in [-0.4, -0.2) is 38.3 Å². The van der Waals surface area contributed by atoms with Crippen LogP contribution in [0.5, 0.6) is 0 Å². The Balaban J connectivity index is 1.99. The van der Waals surface area contributed by atoms with Gasteiger partial charge in [0.25, 0.3) is 5.91 Å². The van der Waals surface area contributed by atoms with Gasteiger partial charge in [0.15, 0.2) is 0 Å². The van der Waals surface area contributed by atoms with E-state index in [-0.39, 0.29) is 10.8 Å². The van der Waals surface area contributed by atoms with Crippen molar-refractivity contribution in [1.82, 2.24) is 4.31 Å². The number of hydrogen-bond acceptors (Lipinski definition) is 3. The van der Waals surface area contributed by atoms with E-state index in [1.165, 1.54) is 4.31 Å². The van der Waals surface area contributed by atoms with Gasteiger partial charge in [-0.3, -0.25) is 4.79 Å². The first-order chi connectivity index (χ1) is 13.7. The normalized spacial score (nSPS) is 15.3. The van der Waals surface area contributed by atoms with E-state index in [0.29, 0.717) is 25.2 Å². The average Bonchev–Trinajstić information content (AvgIpc) is 2.68. The third-order valence-electron chi connectivity index (χ3n) is 5.47. The smallest absolute Gasteiger partial charge is 0.258 e. The van der Waals surface area contributed by atoms with Crippen molar-refractivity contribution in [2.75, 3.05) is 24.5 Å². The molecule has 5 nitrogen and oxygen atoms in total. The van der Waals surface area contributed by atoms with Crippen LogP contribution in [-0.2, 0) is 10.0 Å². The Morgan fingerprint density at radius 1 is 0.966 bits per heavy atom. The SMILES string of the molecule is CCN(C(=O)c1cc(S(=O)(=O)N2CCCCC2)ccc1C)c1cc(C)cc(C)c1. The highest BCUT2D eigenvalue weighted by molar-refractivity contribution is 7.89. The van der Waals surface area contributed by atoms with Crippen LogP contribution in [0, 0.1) is 20.8 Å². The Morgan fingerprint density at radius 2 is 1.59 bits per heavy atom. The second kappa shape index (κ2) is 8.67. The number of carbonyl (C=O) groups is 1. The molecule has 1 aliphatic rings. The lowest BCUT2D eigenvalue weighted by Crippen LogP contribution is -2.36. The second-order valence-corrected chi connectivity index (χ2v) is 9.77. The fourth-order valence-corrected chi connectivity index (χ4v) is 5.49. The minimum atomic E-state index is -3.58. The molecule has 3 rings (SSSR count). The van der Waals surface area contributed by atoms with Crippen LogP contribution in [0.1, 0.15) is 53.2 Å². The highest BCUT2D eigenvalue weighted by Crippen LogP contribution is 2.26. The van der Waals surface area contributed by atoms with Gasteiger partial charge in [-0.2, -0.15) is 4.31 Å². The summed E-state index contributed by atoms with van der Waals surface area (Å²) in [5.41, 5.74) is 4.21. The Kier molecular flexibility index (Phi) is 6.44. The first kappa shape index (κ1) is 21.5. The molecular formula is C23H30N2O3S. The molecule has 6 heteroatoms. The van der Waals surface area contributed by atoms with E-state index in [9.17, 15) is 13.2 Å². The molecule has 1 heterocycles. The molecule has 0 spiro atoms. The van der Waals surface area contributed by atoms with Crippen molar-refractivity contribution in [3.8, 4) is 0 Å². The van der Waals surface area contributed by atoms with E-state index in [2.05, 4.69) is 6.07 Å². The molecule has 0 radical (unpaired) electrons. The topological polar surface area (TPSA) is 57.7 Å². The predicted octanol–water partition coefficient (Wildman–Crippen LogP) is 4.45. The Bertz CT molecular complexity index is 989. The molecule has 2 aromatic carbocycles. The van der Waals surface area contributed by atoms with Gasteiger partial charge >= 0.3 is 0 Å². The number of aryl methyl sites for hydroxylation is 3. The lowest BCUT2D eigenvalue weighted by atomic mass is 10.1. The predicted molar refractivity (Wildman–Crippen MR) is 117 cm³/mol. The highest BCUT2D eigenvalue weighted by Gasteiger charge is 2.28. The molecule has 0 saturated carbocycles. The van der Waals surface area contributed by atoms with Crippen molar-refractivity contribution in [3.63, 3.8) is 0 Å². The van der Waals surface area contributed by atoms with Crippen LogP contribution >= 0.6 is 0 Å². The maximum absolute atomic E-state index is 13.4. The first-order valence-corrected chi connectivity index (χ1v) is 11.7. The molecule has 0 unspecified atom stereocenters. The Morgan fingerprint density at radius 3 is 2.17 bits per heavy atom. The van der Waals surface area contributed by atoms with Crippen LogP contribution < -0.4 is 4.90 Å². The van der Waals surface area contributed by atoms with Crippen molar-refractivity contribution in [3.05, 3.63) is 58.7 Å². The third kappa shape index (κ3) is 4.54. The van der Waals surface area contributed by atoms with E-state index < -0.39 is 10.0 Å². The quantitative estimate of drug-likeness (QED) is 0.726. The fraction of sp³-hybridized carbons (Fsp3) is 0.435. The molecule has 0 atom stereocenters. The molecule has 0 aromatic heterocycles. The molecule has 2 aromatic rings. The molecule has 1 aliphatic heterocycles. The van der Waals surface area contributed by atoms with E-state index in [4.69, 9.17) is 0 Å². The summed E-state index contributed by atoms with van der Waals surface area (Å²) in [5.74, 6) is -0.175. The number of rotatable bonds is 5. The van der Waals surface area contributed by atoms with Crippen LogP contribution in [0.2, 0.25) is 0 Å². The summed E-state index contributed by atoms with van der Waals surface area (Å²) in [6, 6.07) is 10.9. The zero-order valence-corrected chi connectivity index (χ0v) is 18.6. The van der Waals surface area contributed by atoms with E-state index in [1.54, 1.807) is 23.1 Å². The maximum Gasteiger partial charge on any atom is 0.258 e. The van der Waals surface area contributed by atoms with Gasteiger partial charge in [-0.25, -0.2) is 8.42 Å². The summed E-state index contributed by atoms with van der Waals surface area (Å²) in [4.78, 5) is 15.3. The summed E-state index contributed by atoms with van der Waals surface area (Å²) in [6.45, 7) is 9.38. The van der Waals surface area contributed by atoms with Crippen LogP contribution in [0.4, 0.5) is 5.69 Å². The van der Waals surface area contributed by atoms with E-state index >= 15 is 0 Å². The van der Waals surface area contributed by atoms with Crippen molar-refractivity contribution in [2.45, 2.75) is 51.9 Å². The summed E-state index contributed by atoms with van der Waals surface area (Å²) in [6.07, 6.45) is 2.82. The number of anilines is 1. The van der Waals surface area contributed by atoms with E-state index in [1.807, 2.05) is 39.8 Å². The molecular weight excluding hydrogens is 384 g/mol. The zero-order chi connectivity index (χ0) is 21.2. The van der Waals surface area contributed by atoms with E-state index in [0.717, 1.165) is 41.6 Å². The van der Waals surface area contributed by atoms with Gasteiger partial charge in [-0.15, -0.1) is 0 Å². The summed E-state index contributed by atoms with van der Waals surface area (Å²) in [7, 11) is -3.58. The fourth-order valence-electron chi connectivity index (χ4n) is 3.94. The van der Waals surface area contributed by atoms with Crippen LogP contribution in [0.3, 0.4) is 0 Å². The number of amides is 1. The number of nitrogens with zero attached hydrogens (tertiary/aromatic N) is 2. The standard InChI is InChI=1S/C23H30N2O3S/c1-5-25(20-14-17(2)13-18(3)15-20)23(26)22-16-21(10-9-19(22)4)29(27,28)24-11-7-6-8-12-24/h9-10,13-16H,5-8,11-12H2,1-4H3. The largest absolute Gasteiger partial charge is 0.309 e. The third-order valence-corrected chi connectivity index (χ3v) is 7.37. The summed E-state index contributed by atoms with van der Waals surface area (Å²) in [5, 5.41) is 0. The molecule has 156 valence electrons. The minimum Gasteiger partial charge on any atom is -0.309 e. The van der Waals surface area contributed by atoms with Gasteiger partial charge in [-0.1, -0.05) is 18.6 Å². The Hall–Kier alpha value is -2.18. The molecule has 0 N–H and O–H groups in total. The molecule has 1 saturated heterocycles. The number of carbonyl (C=O) groups excluding carboxylic acids is 1. The van der Waals surface area contributed by atoms with Gasteiger partial charge in [-0.05, 0) is 81.5 Å². The van der Waals surface area contributed by atoms with Crippen molar-refractivity contribution in [1.29, 1.82) is 0 Å². The van der Waals surface area contributed by atoms with Gasteiger partial charge in [0.1, 0.15) is 0 Å². The molecule has 0 bridgehead atoms. The first-order valence-electron chi connectivity index (χ1n) is 10.2. The van der Waals surface area contributed by atoms with Crippen molar-refractivity contribution >= 4 is 21.6 Å². The van der Waals surface area contributed by atoms with Gasteiger partial charge < -0.3 is 4.90 Å². The second-order valence-electron chi connectivity index (χ2n) is 7.84. The van der Waals surface area contributed by atoms with Gasteiger partial charge in [0, 0.05) is 30.9 Å². The average molecular weight is 415 g/mol. The summed E-state index contributed by atoms with van der Waals surface area (Å²) < 4.78 is 27.7. The Labute approximate surface area is 174 Å². The number of hydrogen-bond donors (Lipinski definition) is 0. The highest BCUT2D eigenvalue weighted by atomic mass is 32.2. The zero-order valence-electron chi connectivity index (χ0n) is 17.7. The number of sulfonamides is 1. The minimum absolute atomic E-state index is 0.175. The number of benzene rings is 2. The molecule has 1 amide bonds. The van der Waals surface area contributed by atoms with Crippen molar-refractivity contribution < 1.29 is 13.2 Å². The number of piperidine rings is 1. The lowest BCUT2D eigenvalue weighted by Gasteiger charge is -2.27. The van der Waals surface area contributed by atoms with Crippen LogP contribution in [0.25, 0.3) is 0 Å². The van der Waals surface area contributed by atoms with Gasteiger partial charge in [0.2, 0.25) is 10.0 Å². The van der Waals surface area contributed by atoms with Gasteiger partial charge in [0.05, 0.1) is 4.90 Å². The van der Waals surface area contributed by atoms with Crippen molar-refractivity contribution in [2.24, 2.45) is 0 Å². The molecule has 1 fully saturated rings. The monoisotopic (exact) mass is 414 g/mol. The molecule has 29 heavy (non-hydrogen) atoms. The lowest BCUT2D eigenvalue weighted by molar-refractivity contribution is 0.0987.